The molecule has 3 aromatic carbocycles. The quantitative estimate of drug-likeness (QED) is 0.346. The van der Waals surface area contributed by atoms with Gasteiger partial charge in [-0.25, -0.2) is 4.39 Å². The van der Waals surface area contributed by atoms with Gasteiger partial charge in [-0.1, -0.05) is 30.3 Å². The van der Waals surface area contributed by atoms with E-state index in [0.29, 0.717) is 11.3 Å². The molecule has 0 radical (unpaired) electrons. The number of hydrogen-bond donors (Lipinski definition) is 1. The summed E-state index contributed by atoms with van der Waals surface area (Å²) in [6.45, 7) is 1.85. The summed E-state index contributed by atoms with van der Waals surface area (Å²) in [6, 6.07) is 16.5. The number of ketones is 1. The van der Waals surface area contributed by atoms with E-state index in [1.807, 2.05) is 19.1 Å². The highest BCUT2D eigenvalue weighted by Gasteiger charge is 2.47. The SMILES string of the molecule is COc1cccc(OC)c1/C(O)=C1\C(=O)C(=O)N(c2ccc(F)cc2)C1c1ccccc1C. The molecule has 1 amide bonds. The number of carbonyl (C=O) groups is 2. The molecule has 6 nitrogen and oxygen atoms in total. The van der Waals surface area contributed by atoms with Crippen molar-refractivity contribution in [2.45, 2.75) is 13.0 Å². The number of methoxy groups -OCH3 is 2. The van der Waals surface area contributed by atoms with Gasteiger partial charge in [0.05, 0.1) is 25.8 Å². The number of rotatable bonds is 5. The van der Waals surface area contributed by atoms with Crippen LogP contribution in [0.25, 0.3) is 5.76 Å². The summed E-state index contributed by atoms with van der Waals surface area (Å²) >= 11 is 0. The molecule has 1 N–H and O–H groups in total. The first-order chi connectivity index (χ1) is 15.9. The number of aliphatic hydroxyl groups excluding tert-OH is 1. The van der Waals surface area contributed by atoms with Gasteiger partial charge in [0.1, 0.15) is 28.6 Å². The zero-order chi connectivity index (χ0) is 23.7. The van der Waals surface area contributed by atoms with Gasteiger partial charge in [-0.15, -0.1) is 0 Å². The Labute approximate surface area is 190 Å². The number of carbonyl (C=O) groups excluding carboxylic acids is 2. The van der Waals surface area contributed by atoms with Crippen LogP contribution in [0.15, 0.2) is 72.3 Å². The fourth-order valence-electron chi connectivity index (χ4n) is 4.11. The van der Waals surface area contributed by atoms with Crippen molar-refractivity contribution in [2.75, 3.05) is 19.1 Å². The lowest BCUT2D eigenvalue weighted by molar-refractivity contribution is -0.132. The monoisotopic (exact) mass is 447 g/mol. The Kier molecular flexibility index (Phi) is 5.87. The summed E-state index contributed by atoms with van der Waals surface area (Å²) in [4.78, 5) is 27.8. The smallest absolute Gasteiger partial charge is 0.300 e. The van der Waals surface area contributed by atoms with Crippen LogP contribution >= 0.6 is 0 Å². The van der Waals surface area contributed by atoms with E-state index in [1.54, 1.807) is 30.3 Å². The second kappa shape index (κ2) is 8.78. The summed E-state index contributed by atoms with van der Waals surface area (Å²) in [5, 5.41) is 11.4. The zero-order valence-electron chi connectivity index (χ0n) is 18.3. The summed E-state index contributed by atoms with van der Waals surface area (Å²) in [5.41, 5.74) is 1.85. The summed E-state index contributed by atoms with van der Waals surface area (Å²) in [7, 11) is 2.86. The number of aryl methyl sites for hydroxylation is 1. The van der Waals surface area contributed by atoms with Gasteiger partial charge in [0, 0.05) is 5.69 Å². The van der Waals surface area contributed by atoms with Crippen LogP contribution in [0.5, 0.6) is 11.5 Å². The molecule has 1 fully saturated rings. The molecule has 1 unspecified atom stereocenters. The number of aliphatic hydroxyl groups is 1. The van der Waals surface area contributed by atoms with Gasteiger partial charge in [-0.05, 0) is 54.4 Å². The van der Waals surface area contributed by atoms with E-state index in [9.17, 15) is 19.1 Å². The van der Waals surface area contributed by atoms with Gasteiger partial charge in [0.2, 0.25) is 0 Å². The van der Waals surface area contributed by atoms with Crippen molar-refractivity contribution >= 4 is 23.1 Å². The third-order valence-corrected chi connectivity index (χ3v) is 5.70. The molecule has 33 heavy (non-hydrogen) atoms. The van der Waals surface area contributed by atoms with Crippen LogP contribution in [-0.4, -0.2) is 31.0 Å². The van der Waals surface area contributed by atoms with E-state index >= 15 is 0 Å². The van der Waals surface area contributed by atoms with E-state index in [4.69, 9.17) is 9.47 Å². The van der Waals surface area contributed by atoms with Crippen molar-refractivity contribution in [2.24, 2.45) is 0 Å². The molecule has 1 heterocycles. The molecule has 0 aliphatic carbocycles. The minimum atomic E-state index is -0.939. The van der Waals surface area contributed by atoms with E-state index in [1.165, 1.54) is 43.4 Å². The maximum atomic E-state index is 13.6. The van der Waals surface area contributed by atoms with Crippen molar-refractivity contribution in [1.82, 2.24) is 0 Å². The number of benzene rings is 3. The van der Waals surface area contributed by atoms with Crippen molar-refractivity contribution < 1.29 is 28.6 Å². The predicted octanol–water partition coefficient (Wildman–Crippen LogP) is 4.78. The van der Waals surface area contributed by atoms with Crippen molar-refractivity contribution in [3.63, 3.8) is 0 Å². The molecule has 1 atom stereocenters. The Morgan fingerprint density at radius 1 is 0.909 bits per heavy atom. The van der Waals surface area contributed by atoms with Gasteiger partial charge in [0.25, 0.3) is 11.7 Å². The van der Waals surface area contributed by atoms with E-state index < -0.39 is 29.3 Å². The van der Waals surface area contributed by atoms with Crippen LogP contribution in [0.2, 0.25) is 0 Å². The third kappa shape index (κ3) is 3.71. The summed E-state index contributed by atoms with van der Waals surface area (Å²) in [5.74, 6) is -2.02. The number of nitrogens with zero attached hydrogens (tertiary/aromatic N) is 1. The highest BCUT2D eigenvalue weighted by Crippen LogP contribution is 2.45. The minimum absolute atomic E-state index is 0.110. The molecule has 0 spiro atoms. The molecule has 1 aliphatic rings. The number of ether oxygens (including phenoxy) is 2. The molecule has 0 bridgehead atoms. The second-order valence-electron chi connectivity index (χ2n) is 7.54. The van der Waals surface area contributed by atoms with Crippen LogP contribution in [0.4, 0.5) is 10.1 Å². The zero-order valence-corrected chi connectivity index (χ0v) is 18.3. The first-order valence-corrected chi connectivity index (χ1v) is 10.2. The normalized spacial score (nSPS) is 17.3. The molecule has 7 heteroatoms. The fraction of sp³-hybridized carbons (Fsp3) is 0.154. The Morgan fingerprint density at radius 3 is 2.09 bits per heavy atom. The average Bonchev–Trinajstić information content (AvgIpc) is 3.09. The standard InChI is InChI=1S/C26H22FNO5/c1-15-7-4-5-8-18(15)23-22(24(29)21-19(32-2)9-6-10-20(21)33-3)25(30)26(31)28(23)17-13-11-16(27)12-14-17/h4-14,23,29H,1-3H3/b24-22+. The molecular weight excluding hydrogens is 425 g/mol. The lowest BCUT2D eigenvalue weighted by Gasteiger charge is -2.27. The highest BCUT2D eigenvalue weighted by molar-refractivity contribution is 6.51. The second-order valence-corrected chi connectivity index (χ2v) is 7.54. The van der Waals surface area contributed by atoms with Crippen molar-refractivity contribution in [3.8, 4) is 11.5 Å². The van der Waals surface area contributed by atoms with Gasteiger partial charge in [-0.2, -0.15) is 0 Å². The Hall–Kier alpha value is -4.13. The molecule has 1 saturated heterocycles. The van der Waals surface area contributed by atoms with Crippen molar-refractivity contribution in [3.05, 3.63) is 94.8 Å². The number of amides is 1. The first kappa shape index (κ1) is 22.1. The molecule has 168 valence electrons. The van der Waals surface area contributed by atoms with E-state index in [0.717, 1.165) is 5.56 Å². The molecule has 0 aromatic heterocycles. The van der Waals surface area contributed by atoms with E-state index in [-0.39, 0.29) is 22.6 Å². The summed E-state index contributed by atoms with van der Waals surface area (Å²) < 4.78 is 24.4. The minimum Gasteiger partial charge on any atom is -0.506 e. The third-order valence-electron chi connectivity index (χ3n) is 5.70. The molecule has 0 saturated carbocycles. The van der Waals surface area contributed by atoms with Crippen molar-refractivity contribution in [1.29, 1.82) is 0 Å². The number of anilines is 1. The number of Topliss-reactive ketones (excluding diaryl/α,β-unsaturated/α-hetero) is 1. The molecule has 3 aromatic rings. The Balaban J connectivity index is 2.03. The molecule has 4 rings (SSSR count). The van der Waals surface area contributed by atoms with Gasteiger partial charge in [-0.3, -0.25) is 14.5 Å². The van der Waals surface area contributed by atoms with Gasteiger partial charge >= 0.3 is 0 Å². The Morgan fingerprint density at radius 2 is 1.52 bits per heavy atom. The number of halogens is 1. The fourth-order valence-corrected chi connectivity index (χ4v) is 4.11. The topological polar surface area (TPSA) is 76.1 Å². The first-order valence-electron chi connectivity index (χ1n) is 10.2. The predicted molar refractivity (Wildman–Crippen MR) is 122 cm³/mol. The van der Waals surface area contributed by atoms with Crippen LogP contribution in [0.1, 0.15) is 22.7 Å². The molecule has 1 aliphatic heterocycles. The van der Waals surface area contributed by atoms with Crippen LogP contribution in [0.3, 0.4) is 0 Å². The van der Waals surface area contributed by atoms with Gasteiger partial charge in [0.15, 0.2) is 0 Å². The Bertz CT molecular complexity index is 1240. The largest absolute Gasteiger partial charge is 0.506 e. The average molecular weight is 447 g/mol. The van der Waals surface area contributed by atoms with E-state index in [2.05, 4.69) is 0 Å². The van der Waals surface area contributed by atoms with Crippen LogP contribution in [-0.2, 0) is 9.59 Å². The summed E-state index contributed by atoms with van der Waals surface area (Å²) in [6.07, 6.45) is 0. The van der Waals surface area contributed by atoms with Crippen LogP contribution in [0, 0.1) is 12.7 Å². The maximum absolute atomic E-state index is 13.6. The number of hydrogen-bond acceptors (Lipinski definition) is 5. The highest BCUT2D eigenvalue weighted by atomic mass is 19.1. The van der Waals surface area contributed by atoms with Crippen LogP contribution < -0.4 is 14.4 Å². The van der Waals surface area contributed by atoms with Gasteiger partial charge < -0.3 is 14.6 Å². The lowest BCUT2D eigenvalue weighted by Crippen LogP contribution is -2.29. The lowest BCUT2D eigenvalue weighted by atomic mass is 9.92. The molecular formula is C26H22FNO5. The maximum Gasteiger partial charge on any atom is 0.300 e.